The van der Waals surface area contributed by atoms with Crippen molar-refractivity contribution in [1.29, 1.82) is 0 Å². The minimum Gasteiger partial charge on any atom is -0.390 e. The lowest BCUT2D eigenvalue weighted by Gasteiger charge is -2.28. The highest BCUT2D eigenvalue weighted by molar-refractivity contribution is 5.91. The Hall–Kier alpha value is -3.56. The van der Waals surface area contributed by atoms with Gasteiger partial charge < -0.3 is 21.3 Å². The number of nitrogens with one attached hydrogen (secondary N) is 1. The molecular formula is C27H32N6O3. The van der Waals surface area contributed by atoms with Gasteiger partial charge in [0, 0.05) is 23.4 Å². The fourth-order valence-corrected chi connectivity index (χ4v) is 5.41. The lowest BCUT2D eigenvalue weighted by Crippen LogP contribution is -2.34. The number of aromatic nitrogens is 4. The van der Waals surface area contributed by atoms with Crippen molar-refractivity contribution in [2.24, 2.45) is 5.41 Å². The van der Waals surface area contributed by atoms with Crippen molar-refractivity contribution in [2.45, 2.75) is 64.1 Å². The summed E-state index contributed by atoms with van der Waals surface area (Å²) in [6.07, 6.45) is 2.91. The maximum atomic E-state index is 11.9. The summed E-state index contributed by atoms with van der Waals surface area (Å²) in [6.45, 7) is 3.99. The molecule has 4 aromatic rings. The number of nitrogens with two attached hydrogens (primary N) is 1. The van der Waals surface area contributed by atoms with Gasteiger partial charge in [-0.1, -0.05) is 26.0 Å². The number of aliphatic hydroxyl groups excluding tert-OH is 2. The lowest BCUT2D eigenvalue weighted by atomic mass is 9.80. The number of hydrogen-bond acceptors (Lipinski definition) is 7. The Kier molecular flexibility index (Phi) is 6.36. The second-order valence-electron chi connectivity index (χ2n) is 10.1. The second kappa shape index (κ2) is 9.48. The monoisotopic (exact) mass is 488 g/mol. The van der Waals surface area contributed by atoms with Gasteiger partial charge in [0.2, 0.25) is 5.91 Å². The van der Waals surface area contributed by atoms with Gasteiger partial charge in [0.05, 0.1) is 17.7 Å². The normalized spacial score (nSPS) is 23.9. The molecule has 0 saturated heterocycles. The maximum absolute atomic E-state index is 11.9. The molecule has 0 spiro atoms. The quantitative estimate of drug-likeness (QED) is 0.312. The molecule has 36 heavy (non-hydrogen) atoms. The zero-order valence-corrected chi connectivity index (χ0v) is 20.6. The third-order valence-corrected chi connectivity index (χ3v) is 7.51. The Bertz CT molecular complexity index is 1420. The average Bonchev–Trinajstić information content (AvgIpc) is 3.39. The number of nitrogens with zero attached hydrogens (tertiary/aromatic N) is 4. The van der Waals surface area contributed by atoms with Crippen LogP contribution in [0.4, 0.5) is 11.6 Å². The number of pyridine rings is 1. The van der Waals surface area contributed by atoms with Crippen molar-refractivity contribution in [3.05, 3.63) is 60.0 Å². The molecule has 1 aliphatic rings. The number of nitrogen functional groups attached to an aromatic ring is 1. The van der Waals surface area contributed by atoms with E-state index in [-0.39, 0.29) is 11.8 Å². The first-order chi connectivity index (χ1) is 17.3. The van der Waals surface area contributed by atoms with Crippen molar-refractivity contribution in [3.8, 4) is 0 Å². The Balaban J connectivity index is 1.33. The summed E-state index contributed by atoms with van der Waals surface area (Å²) in [7, 11) is 0. The number of amides is 1. The van der Waals surface area contributed by atoms with Crippen LogP contribution in [0, 0.1) is 5.41 Å². The van der Waals surface area contributed by atoms with Gasteiger partial charge in [-0.2, -0.15) is 5.10 Å². The lowest BCUT2D eigenvalue weighted by molar-refractivity contribution is -0.116. The van der Waals surface area contributed by atoms with E-state index in [1.807, 2.05) is 50.2 Å². The van der Waals surface area contributed by atoms with Gasteiger partial charge in [0.1, 0.15) is 17.7 Å². The molecule has 1 amide bonds. The summed E-state index contributed by atoms with van der Waals surface area (Å²) in [5, 5.41) is 30.2. The van der Waals surface area contributed by atoms with Crippen LogP contribution in [0.2, 0.25) is 0 Å². The predicted molar refractivity (Wildman–Crippen MR) is 138 cm³/mol. The molecule has 5 N–H and O–H groups in total. The highest BCUT2D eigenvalue weighted by Gasteiger charge is 2.50. The Morgan fingerprint density at radius 2 is 2.03 bits per heavy atom. The molecule has 0 aliphatic heterocycles. The topological polar surface area (TPSA) is 139 Å². The summed E-state index contributed by atoms with van der Waals surface area (Å²) >= 11 is 0. The van der Waals surface area contributed by atoms with Crippen LogP contribution in [0.3, 0.4) is 0 Å². The van der Waals surface area contributed by atoms with Crippen molar-refractivity contribution in [1.82, 2.24) is 19.6 Å². The molecule has 5 rings (SSSR count). The molecule has 3 aromatic heterocycles. The van der Waals surface area contributed by atoms with Crippen LogP contribution in [0.25, 0.3) is 16.4 Å². The molecule has 1 aliphatic carbocycles. The number of anilines is 2. The number of fused-ring (bicyclic) bond motifs is 2. The summed E-state index contributed by atoms with van der Waals surface area (Å²) < 4.78 is 1.71. The fraction of sp³-hybridized carbons (Fsp3) is 0.407. The molecule has 1 fully saturated rings. The first-order valence-corrected chi connectivity index (χ1v) is 12.4. The molecule has 1 aromatic carbocycles. The largest absolute Gasteiger partial charge is 0.390 e. The number of carbonyl (C=O) groups excluding carboxylic acids is 1. The standard InChI is InChI=1S/C27H32N6O3/c1-3-4-23(34)32-22-10-7-17-6-5-16(13-19(17)31-22)11-12-27(2)14-18(24(35)25(27)36)20-8-9-21-26(28)29-15-30-33(20)21/h5-10,13,15,18,24-25,35-36H,3-4,11-12,14H2,1-2H3,(H2,28,29,30)(H,31,32,34)/t18-,24-,25-,27-/m0/s1. The molecule has 4 atom stereocenters. The third-order valence-electron chi connectivity index (χ3n) is 7.51. The summed E-state index contributed by atoms with van der Waals surface area (Å²) in [4.78, 5) is 20.6. The molecule has 9 heteroatoms. The van der Waals surface area contributed by atoms with Crippen LogP contribution in [-0.4, -0.2) is 47.9 Å². The van der Waals surface area contributed by atoms with Crippen molar-refractivity contribution < 1.29 is 15.0 Å². The van der Waals surface area contributed by atoms with E-state index in [4.69, 9.17) is 5.73 Å². The Morgan fingerprint density at radius 3 is 2.83 bits per heavy atom. The smallest absolute Gasteiger partial charge is 0.225 e. The van der Waals surface area contributed by atoms with Crippen molar-refractivity contribution >= 4 is 34.0 Å². The third kappa shape index (κ3) is 4.40. The zero-order chi connectivity index (χ0) is 25.4. The van der Waals surface area contributed by atoms with E-state index >= 15 is 0 Å². The summed E-state index contributed by atoms with van der Waals surface area (Å²) in [5.41, 5.74) is 8.91. The van der Waals surface area contributed by atoms with Gasteiger partial charge in [-0.3, -0.25) is 4.79 Å². The number of benzene rings is 1. The van der Waals surface area contributed by atoms with E-state index in [2.05, 4.69) is 26.4 Å². The maximum Gasteiger partial charge on any atom is 0.225 e. The Labute approximate surface area is 209 Å². The van der Waals surface area contributed by atoms with E-state index in [9.17, 15) is 15.0 Å². The zero-order valence-electron chi connectivity index (χ0n) is 20.6. The molecule has 1 saturated carbocycles. The molecule has 3 heterocycles. The fourth-order valence-electron chi connectivity index (χ4n) is 5.41. The minimum absolute atomic E-state index is 0.0401. The van der Waals surface area contributed by atoms with Crippen LogP contribution in [-0.2, 0) is 11.2 Å². The van der Waals surface area contributed by atoms with Gasteiger partial charge in [0.25, 0.3) is 0 Å². The molecular weight excluding hydrogens is 456 g/mol. The number of rotatable bonds is 7. The van der Waals surface area contributed by atoms with Gasteiger partial charge in [-0.15, -0.1) is 0 Å². The first-order valence-electron chi connectivity index (χ1n) is 12.4. The predicted octanol–water partition coefficient (Wildman–Crippen LogP) is 3.45. The van der Waals surface area contributed by atoms with Gasteiger partial charge in [0.15, 0.2) is 5.82 Å². The van der Waals surface area contributed by atoms with Crippen LogP contribution < -0.4 is 11.1 Å². The molecule has 9 nitrogen and oxygen atoms in total. The summed E-state index contributed by atoms with van der Waals surface area (Å²) in [5.74, 6) is 0.618. The highest BCUT2D eigenvalue weighted by Crippen LogP contribution is 2.49. The first kappa shape index (κ1) is 24.1. The van der Waals surface area contributed by atoms with Crippen molar-refractivity contribution in [2.75, 3.05) is 11.1 Å². The molecule has 0 bridgehead atoms. The van der Waals surface area contributed by atoms with Crippen LogP contribution in [0.1, 0.15) is 56.7 Å². The molecule has 0 radical (unpaired) electrons. The average molecular weight is 489 g/mol. The number of aliphatic hydroxyl groups is 2. The SMILES string of the molecule is CCCC(=O)Nc1ccc2ccc(CC[C@@]3(C)C[C@@H](c4ccc5c(N)ncnn45)[C@H](O)[C@@H]3O)cc2n1. The van der Waals surface area contributed by atoms with E-state index in [1.54, 1.807) is 4.52 Å². The van der Waals surface area contributed by atoms with E-state index in [1.165, 1.54) is 6.33 Å². The van der Waals surface area contributed by atoms with E-state index in [0.717, 1.165) is 35.0 Å². The van der Waals surface area contributed by atoms with Crippen molar-refractivity contribution in [3.63, 3.8) is 0 Å². The van der Waals surface area contributed by atoms with E-state index in [0.29, 0.717) is 36.4 Å². The van der Waals surface area contributed by atoms with Crippen LogP contribution in [0.15, 0.2) is 48.8 Å². The highest BCUT2D eigenvalue weighted by atomic mass is 16.3. The number of carbonyl (C=O) groups is 1. The number of hydrogen-bond donors (Lipinski definition) is 4. The van der Waals surface area contributed by atoms with Gasteiger partial charge >= 0.3 is 0 Å². The van der Waals surface area contributed by atoms with E-state index < -0.39 is 17.6 Å². The van der Waals surface area contributed by atoms with Crippen LogP contribution in [0.5, 0.6) is 0 Å². The molecule has 0 unspecified atom stereocenters. The summed E-state index contributed by atoms with van der Waals surface area (Å²) in [6, 6.07) is 13.6. The number of aryl methyl sites for hydroxylation is 1. The minimum atomic E-state index is -0.906. The second-order valence-corrected chi connectivity index (χ2v) is 10.1. The Morgan fingerprint density at radius 1 is 1.22 bits per heavy atom. The van der Waals surface area contributed by atoms with Crippen LogP contribution >= 0.6 is 0 Å². The van der Waals surface area contributed by atoms with Gasteiger partial charge in [-0.25, -0.2) is 14.5 Å². The molecule has 188 valence electrons. The van der Waals surface area contributed by atoms with Gasteiger partial charge in [-0.05, 0) is 67.0 Å².